The fourth-order valence-corrected chi connectivity index (χ4v) is 8.43. The van der Waals surface area contributed by atoms with Crippen LogP contribution in [0.3, 0.4) is 0 Å². The number of nitrogens with zero attached hydrogens (tertiary/aromatic N) is 6. The van der Waals surface area contributed by atoms with Gasteiger partial charge in [-0.05, 0) is 54.3 Å². The number of rotatable bonds is 11. The summed E-state index contributed by atoms with van der Waals surface area (Å²) in [6.45, 7) is 8.39. The highest BCUT2D eigenvalue weighted by Crippen LogP contribution is 2.42. The van der Waals surface area contributed by atoms with Crippen LogP contribution in [0.25, 0.3) is 10.9 Å². The number of hydrogen-bond acceptors (Lipinski definition) is 6. The van der Waals surface area contributed by atoms with Gasteiger partial charge in [-0.2, -0.15) is 5.10 Å². The average Bonchev–Trinajstić information content (AvgIpc) is 3.84. The molecule has 1 unspecified atom stereocenters. The standard InChI is InChI=1S/C45H45ClN6O2/c1-32-38(46)21-14-22-39(32)50-27-25-49(26-28-50)33(2)44-37-29-41(53-3)42(54-4)30-40(37)52(48-44)31-43-47-23-24-51(43)45(34-15-8-5-9-16-34,35-17-10-6-11-18-35)36-19-12-7-13-20-36/h5-24,29-30,33H,25-28,31H2,1-4H3. The van der Waals surface area contributed by atoms with E-state index in [9.17, 15) is 0 Å². The number of piperazine rings is 1. The molecule has 0 N–H and O–H groups in total. The van der Waals surface area contributed by atoms with Crippen molar-refractivity contribution >= 4 is 28.2 Å². The summed E-state index contributed by atoms with van der Waals surface area (Å²) in [5.41, 5.74) is 7.00. The second-order valence-corrected chi connectivity index (χ2v) is 14.3. The van der Waals surface area contributed by atoms with Crippen LogP contribution in [0.1, 0.15) is 46.7 Å². The molecule has 0 aliphatic carbocycles. The minimum Gasteiger partial charge on any atom is -0.493 e. The fraction of sp³-hybridized carbons (Fsp3) is 0.244. The molecule has 0 amide bonds. The van der Waals surface area contributed by atoms with Gasteiger partial charge in [-0.25, -0.2) is 4.98 Å². The van der Waals surface area contributed by atoms with Gasteiger partial charge >= 0.3 is 0 Å². The zero-order valence-electron chi connectivity index (χ0n) is 31.2. The molecular weight excluding hydrogens is 692 g/mol. The lowest BCUT2D eigenvalue weighted by Gasteiger charge is -2.39. The largest absolute Gasteiger partial charge is 0.493 e. The Balaban J connectivity index is 1.22. The Morgan fingerprint density at radius 1 is 0.741 bits per heavy atom. The van der Waals surface area contributed by atoms with Crippen molar-refractivity contribution in [2.24, 2.45) is 0 Å². The maximum atomic E-state index is 6.50. The summed E-state index contributed by atoms with van der Waals surface area (Å²) in [6.07, 6.45) is 4.00. The number of anilines is 1. The number of ether oxygens (including phenoxy) is 2. The van der Waals surface area contributed by atoms with Crippen molar-refractivity contribution in [1.29, 1.82) is 0 Å². The Labute approximate surface area is 322 Å². The van der Waals surface area contributed by atoms with E-state index in [-0.39, 0.29) is 6.04 Å². The van der Waals surface area contributed by atoms with E-state index in [1.807, 2.05) is 24.4 Å². The van der Waals surface area contributed by atoms with Crippen LogP contribution in [0.4, 0.5) is 5.69 Å². The normalized spacial score (nSPS) is 14.4. The predicted octanol–water partition coefficient (Wildman–Crippen LogP) is 8.98. The Bertz CT molecular complexity index is 2250. The topological polar surface area (TPSA) is 60.6 Å². The van der Waals surface area contributed by atoms with Crippen LogP contribution in [-0.4, -0.2) is 64.6 Å². The third-order valence-corrected chi connectivity index (χ3v) is 11.5. The first kappa shape index (κ1) is 35.5. The molecule has 1 fully saturated rings. The maximum Gasteiger partial charge on any atom is 0.162 e. The zero-order chi connectivity index (χ0) is 37.2. The summed E-state index contributed by atoms with van der Waals surface area (Å²) in [7, 11) is 3.36. The molecule has 0 bridgehead atoms. The highest BCUT2D eigenvalue weighted by molar-refractivity contribution is 6.31. The number of hydrogen-bond donors (Lipinski definition) is 0. The first-order valence-corrected chi connectivity index (χ1v) is 18.9. The number of halogens is 1. The molecule has 1 aliphatic heterocycles. The van der Waals surface area contributed by atoms with Crippen molar-refractivity contribution in [1.82, 2.24) is 24.2 Å². The summed E-state index contributed by atoms with van der Waals surface area (Å²) in [5.74, 6) is 2.21. The van der Waals surface area contributed by atoms with Crippen molar-refractivity contribution in [3.8, 4) is 11.5 Å². The summed E-state index contributed by atoms with van der Waals surface area (Å²) in [5, 5.41) is 7.25. The molecule has 5 aromatic carbocycles. The van der Waals surface area contributed by atoms with E-state index in [2.05, 4.69) is 142 Å². The second kappa shape index (κ2) is 15.0. The smallest absolute Gasteiger partial charge is 0.162 e. The number of aromatic nitrogens is 4. The van der Waals surface area contributed by atoms with Crippen LogP contribution in [0.5, 0.6) is 11.5 Å². The number of benzene rings is 5. The van der Waals surface area contributed by atoms with Crippen LogP contribution in [0.2, 0.25) is 5.02 Å². The Hall–Kier alpha value is -5.57. The minimum absolute atomic E-state index is 0.0475. The molecule has 2 aromatic heterocycles. The van der Waals surface area contributed by atoms with E-state index in [0.717, 1.165) is 75.9 Å². The third kappa shape index (κ3) is 6.19. The van der Waals surface area contributed by atoms with Crippen molar-refractivity contribution in [3.05, 3.63) is 173 Å². The van der Waals surface area contributed by atoms with Crippen LogP contribution in [0, 0.1) is 6.92 Å². The van der Waals surface area contributed by atoms with E-state index in [1.165, 1.54) is 5.69 Å². The lowest BCUT2D eigenvalue weighted by molar-refractivity contribution is 0.195. The Morgan fingerprint density at radius 3 is 1.89 bits per heavy atom. The van der Waals surface area contributed by atoms with Gasteiger partial charge in [-0.15, -0.1) is 0 Å². The van der Waals surface area contributed by atoms with Gasteiger partial charge in [0, 0.05) is 60.7 Å². The van der Waals surface area contributed by atoms with Crippen LogP contribution >= 0.6 is 11.6 Å². The molecule has 274 valence electrons. The average molecular weight is 737 g/mol. The van der Waals surface area contributed by atoms with E-state index >= 15 is 0 Å². The summed E-state index contributed by atoms with van der Waals surface area (Å²) < 4.78 is 16.1. The molecule has 3 heterocycles. The molecule has 9 heteroatoms. The van der Waals surface area contributed by atoms with Crippen molar-refractivity contribution < 1.29 is 9.47 Å². The number of imidazole rings is 1. The molecule has 8 rings (SSSR count). The second-order valence-electron chi connectivity index (χ2n) is 13.9. The van der Waals surface area contributed by atoms with E-state index in [0.29, 0.717) is 18.0 Å². The molecule has 0 saturated carbocycles. The molecule has 1 aliphatic rings. The van der Waals surface area contributed by atoms with Gasteiger partial charge in [0.05, 0.1) is 38.0 Å². The maximum absolute atomic E-state index is 6.50. The number of methoxy groups -OCH3 is 2. The van der Waals surface area contributed by atoms with Crippen LogP contribution in [-0.2, 0) is 12.1 Å². The van der Waals surface area contributed by atoms with E-state index in [1.54, 1.807) is 14.2 Å². The van der Waals surface area contributed by atoms with Gasteiger partial charge in [0.1, 0.15) is 11.4 Å². The monoisotopic (exact) mass is 736 g/mol. The molecular formula is C45H45ClN6O2. The highest BCUT2D eigenvalue weighted by atomic mass is 35.5. The molecule has 1 atom stereocenters. The van der Waals surface area contributed by atoms with Gasteiger partial charge in [0.2, 0.25) is 0 Å². The van der Waals surface area contributed by atoms with Gasteiger partial charge in [-0.3, -0.25) is 9.58 Å². The van der Waals surface area contributed by atoms with Gasteiger partial charge in [0.25, 0.3) is 0 Å². The first-order valence-electron chi connectivity index (χ1n) is 18.5. The molecule has 8 nitrogen and oxygen atoms in total. The quantitative estimate of drug-likeness (QED) is 0.124. The fourth-order valence-electron chi connectivity index (χ4n) is 8.26. The van der Waals surface area contributed by atoms with Crippen LogP contribution in [0.15, 0.2) is 134 Å². The molecule has 7 aromatic rings. The van der Waals surface area contributed by atoms with E-state index < -0.39 is 5.54 Å². The molecule has 0 spiro atoms. The zero-order valence-corrected chi connectivity index (χ0v) is 31.9. The first-order chi connectivity index (χ1) is 26.4. The van der Waals surface area contributed by atoms with Crippen molar-refractivity contribution in [2.75, 3.05) is 45.3 Å². The molecule has 1 saturated heterocycles. The summed E-state index contributed by atoms with van der Waals surface area (Å²) in [6, 6.07) is 42.4. The third-order valence-electron chi connectivity index (χ3n) is 11.1. The lowest BCUT2D eigenvalue weighted by Crippen LogP contribution is -2.47. The molecule has 0 radical (unpaired) electrons. The van der Waals surface area contributed by atoms with Gasteiger partial charge < -0.3 is 18.9 Å². The van der Waals surface area contributed by atoms with Crippen molar-refractivity contribution in [2.45, 2.75) is 32.0 Å². The molecule has 54 heavy (non-hydrogen) atoms. The minimum atomic E-state index is -0.698. The van der Waals surface area contributed by atoms with Gasteiger partial charge in [0.15, 0.2) is 11.5 Å². The van der Waals surface area contributed by atoms with Crippen LogP contribution < -0.4 is 14.4 Å². The van der Waals surface area contributed by atoms with Crippen molar-refractivity contribution in [3.63, 3.8) is 0 Å². The summed E-state index contributed by atoms with van der Waals surface area (Å²) >= 11 is 6.50. The van der Waals surface area contributed by atoms with E-state index in [4.69, 9.17) is 31.2 Å². The predicted molar refractivity (Wildman–Crippen MR) is 217 cm³/mol. The SMILES string of the molecule is COc1cc2c(C(C)N3CCN(c4cccc(Cl)c4C)CC3)nn(Cc3nccn3C(c3ccccc3)(c3ccccc3)c3ccccc3)c2cc1OC. The number of fused-ring (bicyclic) bond motifs is 1. The van der Waals surface area contributed by atoms with Gasteiger partial charge in [-0.1, -0.05) is 109 Å². The highest BCUT2D eigenvalue weighted by Gasteiger charge is 2.40. The lowest BCUT2D eigenvalue weighted by atomic mass is 9.76. The Kier molecular flexibility index (Phi) is 9.88. The Morgan fingerprint density at radius 2 is 1.31 bits per heavy atom. The summed E-state index contributed by atoms with van der Waals surface area (Å²) in [4.78, 5) is 10.0.